The van der Waals surface area contributed by atoms with E-state index >= 15 is 0 Å². The molecule has 0 spiro atoms. The third-order valence-electron chi connectivity index (χ3n) is 6.42. The van der Waals surface area contributed by atoms with Crippen LogP contribution in [0.1, 0.15) is 53.7 Å². The summed E-state index contributed by atoms with van der Waals surface area (Å²) in [6.07, 6.45) is 4.50. The number of benzene rings is 2. The Balaban J connectivity index is 1.48. The topological polar surface area (TPSA) is 78.9 Å². The number of anilines is 1. The molecule has 2 N–H and O–H groups in total. The lowest BCUT2D eigenvalue weighted by Gasteiger charge is -2.24. The molecule has 1 fully saturated rings. The number of hydrogen-bond donors (Lipinski definition) is 2. The summed E-state index contributed by atoms with van der Waals surface area (Å²) in [6.45, 7) is 7.30. The molecule has 1 amide bonds. The minimum atomic E-state index is -1.03. The van der Waals surface area contributed by atoms with Gasteiger partial charge in [-0.2, -0.15) is 0 Å². The van der Waals surface area contributed by atoms with Crippen molar-refractivity contribution in [3.05, 3.63) is 76.6 Å². The van der Waals surface area contributed by atoms with Crippen molar-refractivity contribution in [1.82, 2.24) is 4.90 Å². The molecule has 2 aromatic carbocycles. The fourth-order valence-corrected chi connectivity index (χ4v) is 4.76. The van der Waals surface area contributed by atoms with Crippen LogP contribution in [0, 0.1) is 0 Å². The second kappa shape index (κ2) is 7.64. The molecule has 3 aliphatic rings. The van der Waals surface area contributed by atoms with Crippen LogP contribution >= 0.6 is 0 Å². The normalized spacial score (nSPS) is 21.8. The number of carboxylic acids is 1. The number of nitrogens with one attached hydrogen (secondary N) is 1. The zero-order chi connectivity index (χ0) is 22.5. The van der Waals surface area contributed by atoms with Crippen molar-refractivity contribution in [2.75, 3.05) is 18.4 Å². The second-order valence-corrected chi connectivity index (χ2v) is 9.11. The number of carbonyl (C=O) groups excluding carboxylic acids is 1. The van der Waals surface area contributed by atoms with E-state index in [2.05, 4.69) is 34.5 Å². The van der Waals surface area contributed by atoms with Gasteiger partial charge in [-0.3, -0.25) is 9.69 Å². The van der Waals surface area contributed by atoms with Gasteiger partial charge < -0.3 is 15.2 Å². The van der Waals surface area contributed by atoms with Gasteiger partial charge in [0.15, 0.2) is 0 Å². The van der Waals surface area contributed by atoms with Gasteiger partial charge in [-0.15, -0.1) is 0 Å². The number of ether oxygens (including phenoxy) is 1. The van der Waals surface area contributed by atoms with Crippen molar-refractivity contribution < 1.29 is 19.4 Å². The van der Waals surface area contributed by atoms with Crippen molar-refractivity contribution in [2.24, 2.45) is 0 Å². The summed E-state index contributed by atoms with van der Waals surface area (Å²) in [7, 11) is 0. The van der Waals surface area contributed by atoms with Gasteiger partial charge >= 0.3 is 5.97 Å². The summed E-state index contributed by atoms with van der Waals surface area (Å²) in [5.74, 6) is -0.811. The monoisotopic (exact) mass is 430 g/mol. The standard InChI is InChI=1S/C26H26N2O4/c1-26(2)20(17-7-5-16(6-8-17)15-28-11-3-4-12-28)14-22(32-26)23-19-10-9-18(25(30)31)13-21(19)27-24(23)29/h5-10,13-14H,3-4,11-12,15H2,1-2H3,(H,27,29)(H,30,31)/b23-22+. The van der Waals surface area contributed by atoms with Crippen LogP contribution in [0.3, 0.4) is 0 Å². The molecule has 3 aliphatic heterocycles. The Morgan fingerprint density at radius 2 is 1.84 bits per heavy atom. The Hall–Kier alpha value is -3.38. The first-order valence-electron chi connectivity index (χ1n) is 11.0. The van der Waals surface area contributed by atoms with Gasteiger partial charge in [0.1, 0.15) is 11.4 Å². The highest BCUT2D eigenvalue weighted by Gasteiger charge is 2.38. The maximum absolute atomic E-state index is 12.7. The van der Waals surface area contributed by atoms with Crippen molar-refractivity contribution in [2.45, 2.75) is 38.8 Å². The average molecular weight is 431 g/mol. The van der Waals surface area contributed by atoms with Crippen LogP contribution in [0.25, 0.3) is 11.1 Å². The predicted molar refractivity (Wildman–Crippen MR) is 123 cm³/mol. The zero-order valence-corrected chi connectivity index (χ0v) is 18.3. The van der Waals surface area contributed by atoms with E-state index < -0.39 is 11.6 Å². The summed E-state index contributed by atoms with van der Waals surface area (Å²) < 4.78 is 6.24. The lowest BCUT2D eigenvalue weighted by molar-refractivity contribution is -0.111. The average Bonchev–Trinajstić information content (AvgIpc) is 3.44. The molecule has 6 heteroatoms. The molecule has 5 rings (SSSR count). The maximum atomic E-state index is 12.7. The Morgan fingerprint density at radius 3 is 2.53 bits per heavy atom. The quantitative estimate of drug-likeness (QED) is 0.697. The van der Waals surface area contributed by atoms with E-state index in [1.54, 1.807) is 6.07 Å². The SMILES string of the molecule is CC1(C)O/C(=C2/C(=O)Nc3cc(C(=O)O)ccc32)C=C1c1ccc(CN2CCCC2)cc1. The highest BCUT2D eigenvalue weighted by molar-refractivity contribution is 6.32. The van der Waals surface area contributed by atoms with Gasteiger partial charge in [-0.05, 0) is 69.1 Å². The Bertz CT molecular complexity index is 1170. The first-order chi connectivity index (χ1) is 15.3. The number of carboxylic acid groups (broad SMARTS) is 1. The number of amides is 1. The highest BCUT2D eigenvalue weighted by atomic mass is 16.5. The molecule has 0 aromatic heterocycles. The molecule has 32 heavy (non-hydrogen) atoms. The molecule has 164 valence electrons. The van der Waals surface area contributed by atoms with Gasteiger partial charge in [-0.25, -0.2) is 4.79 Å². The van der Waals surface area contributed by atoms with Crippen LogP contribution in [0.5, 0.6) is 0 Å². The Kier molecular flexibility index (Phi) is 4.90. The van der Waals surface area contributed by atoms with Gasteiger partial charge in [0, 0.05) is 17.7 Å². The van der Waals surface area contributed by atoms with Crippen LogP contribution in [0.2, 0.25) is 0 Å². The van der Waals surface area contributed by atoms with Crippen molar-refractivity contribution in [1.29, 1.82) is 0 Å². The summed E-state index contributed by atoms with van der Waals surface area (Å²) >= 11 is 0. The molecule has 0 saturated carbocycles. The maximum Gasteiger partial charge on any atom is 0.335 e. The Labute approximate surface area is 187 Å². The number of nitrogens with zero attached hydrogens (tertiary/aromatic N) is 1. The zero-order valence-electron chi connectivity index (χ0n) is 18.3. The van der Waals surface area contributed by atoms with E-state index in [4.69, 9.17) is 4.74 Å². The van der Waals surface area contributed by atoms with Crippen LogP contribution in [0.15, 0.2) is 54.3 Å². The van der Waals surface area contributed by atoms with E-state index in [-0.39, 0.29) is 11.5 Å². The minimum absolute atomic E-state index is 0.133. The number of carbonyl (C=O) groups is 2. The largest absolute Gasteiger partial charge is 0.482 e. The number of likely N-dealkylation sites (tertiary alicyclic amines) is 1. The van der Waals surface area contributed by atoms with Crippen LogP contribution in [0.4, 0.5) is 5.69 Å². The van der Waals surface area contributed by atoms with Crippen molar-refractivity contribution in [3.8, 4) is 0 Å². The molecule has 0 unspecified atom stereocenters. The molecule has 0 bridgehead atoms. The summed E-state index contributed by atoms with van der Waals surface area (Å²) in [4.78, 5) is 26.5. The second-order valence-electron chi connectivity index (χ2n) is 9.11. The first kappa shape index (κ1) is 20.5. The summed E-state index contributed by atoms with van der Waals surface area (Å²) in [6, 6.07) is 13.2. The number of rotatable bonds is 4. The number of allylic oxidation sites excluding steroid dienone is 1. The van der Waals surface area contributed by atoms with Gasteiger partial charge in [0.2, 0.25) is 0 Å². The number of aromatic carboxylic acids is 1. The fraction of sp³-hybridized carbons (Fsp3) is 0.308. The molecule has 0 atom stereocenters. The van der Waals surface area contributed by atoms with E-state index in [0.717, 1.165) is 17.7 Å². The van der Waals surface area contributed by atoms with Gasteiger partial charge in [-0.1, -0.05) is 30.3 Å². The Morgan fingerprint density at radius 1 is 1.12 bits per heavy atom. The van der Waals surface area contributed by atoms with E-state index in [9.17, 15) is 14.7 Å². The predicted octanol–water partition coefficient (Wildman–Crippen LogP) is 4.54. The summed E-state index contributed by atoms with van der Waals surface area (Å²) in [5, 5.41) is 12.0. The van der Waals surface area contributed by atoms with Crippen molar-refractivity contribution in [3.63, 3.8) is 0 Å². The minimum Gasteiger partial charge on any atom is -0.482 e. The molecule has 3 heterocycles. The van der Waals surface area contributed by atoms with Gasteiger partial charge in [0.05, 0.1) is 16.8 Å². The lowest BCUT2D eigenvalue weighted by atomic mass is 9.91. The molecule has 6 nitrogen and oxygen atoms in total. The van der Waals surface area contributed by atoms with E-state index in [1.807, 2.05) is 19.9 Å². The van der Waals surface area contributed by atoms with E-state index in [0.29, 0.717) is 22.6 Å². The van der Waals surface area contributed by atoms with Crippen LogP contribution in [-0.4, -0.2) is 40.6 Å². The first-order valence-corrected chi connectivity index (χ1v) is 11.0. The molecular weight excluding hydrogens is 404 g/mol. The van der Waals surface area contributed by atoms with Crippen LogP contribution in [-0.2, 0) is 16.1 Å². The molecule has 2 aromatic rings. The number of hydrogen-bond acceptors (Lipinski definition) is 4. The molecular formula is C26H26N2O4. The molecule has 0 radical (unpaired) electrons. The van der Waals surface area contributed by atoms with Crippen LogP contribution < -0.4 is 5.32 Å². The third-order valence-corrected chi connectivity index (χ3v) is 6.42. The summed E-state index contributed by atoms with van der Waals surface area (Å²) in [5.41, 5.74) is 4.50. The smallest absolute Gasteiger partial charge is 0.335 e. The lowest BCUT2D eigenvalue weighted by Crippen LogP contribution is -2.21. The van der Waals surface area contributed by atoms with E-state index in [1.165, 1.54) is 43.6 Å². The third kappa shape index (κ3) is 3.60. The molecule has 0 aliphatic carbocycles. The number of fused-ring (bicyclic) bond motifs is 1. The van der Waals surface area contributed by atoms with Crippen molar-refractivity contribution >= 4 is 28.7 Å². The van der Waals surface area contributed by atoms with Gasteiger partial charge in [0.25, 0.3) is 5.91 Å². The highest BCUT2D eigenvalue weighted by Crippen LogP contribution is 2.44. The fourth-order valence-electron chi connectivity index (χ4n) is 4.76. The molecule has 1 saturated heterocycles.